The van der Waals surface area contributed by atoms with Crippen molar-refractivity contribution < 1.29 is 19.7 Å². The van der Waals surface area contributed by atoms with E-state index in [1.807, 2.05) is 0 Å². The molecule has 0 spiro atoms. The number of nitrogen functional groups attached to an aromatic ring is 1. The molecule has 0 amide bonds. The fourth-order valence-corrected chi connectivity index (χ4v) is 2.47. The predicted octanol–water partition coefficient (Wildman–Crippen LogP) is -0.740. The van der Waals surface area contributed by atoms with Crippen molar-refractivity contribution in [3.05, 3.63) is 13.3 Å². The van der Waals surface area contributed by atoms with Gasteiger partial charge in [-0.3, -0.25) is 4.57 Å². The second-order valence-corrected chi connectivity index (χ2v) is 5.11. The maximum Gasteiger partial charge on any atom is 0.246 e. The Kier molecular flexibility index (Phi) is 3.01. The summed E-state index contributed by atoms with van der Waals surface area (Å²) in [5, 5.41) is 20.4. The summed E-state index contributed by atoms with van der Waals surface area (Å²) in [6.45, 7) is 5.12. The van der Waals surface area contributed by atoms with Crippen molar-refractivity contribution in [3.8, 4) is 5.88 Å². The third-order valence-electron chi connectivity index (χ3n) is 3.61. The molecule has 3 heterocycles. The first-order valence-electron chi connectivity index (χ1n) is 6.29. The van der Waals surface area contributed by atoms with Crippen LogP contribution in [-0.4, -0.2) is 54.7 Å². The lowest BCUT2D eigenvalue weighted by atomic mass is 9.97. The van der Waals surface area contributed by atoms with E-state index in [4.69, 9.17) is 15.2 Å². The highest BCUT2D eigenvalue weighted by molar-refractivity contribution is 5.77. The number of anilines is 1. The Labute approximate surface area is 120 Å². The Morgan fingerprint density at radius 1 is 1.52 bits per heavy atom. The number of nitrogens with zero attached hydrogens (tertiary/aromatic N) is 4. The Balaban J connectivity index is 2.16. The molecule has 4 atom stereocenters. The van der Waals surface area contributed by atoms with E-state index in [9.17, 15) is 10.2 Å². The highest BCUT2D eigenvalue weighted by Crippen LogP contribution is 2.39. The number of hydrogen-bond acceptors (Lipinski definition) is 8. The fraction of sp³-hybridized carbons (Fsp3) is 0.500. The molecule has 1 fully saturated rings. The van der Waals surface area contributed by atoms with Crippen molar-refractivity contribution in [1.29, 1.82) is 0 Å². The van der Waals surface area contributed by atoms with Crippen LogP contribution in [0.25, 0.3) is 11.2 Å². The van der Waals surface area contributed by atoms with Gasteiger partial charge in [0.05, 0.1) is 19.5 Å². The molecular weight excluding hydrogens is 278 g/mol. The average molecular weight is 294 g/mol. The minimum atomic E-state index is -1.55. The second-order valence-electron chi connectivity index (χ2n) is 5.11. The third kappa shape index (κ3) is 1.93. The molecule has 0 saturated carbocycles. The zero-order valence-corrected chi connectivity index (χ0v) is 11.6. The van der Waals surface area contributed by atoms with Gasteiger partial charge in [-0.2, -0.15) is 9.97 Å². The normalized spacial score (nSPS) is 32.7. The quantitative estimate of drug-likeness (QED) is 0.660. The van der Waals surface area contributed by atoms with Crippen molar-refractivity contribution in [2.75, 3.05) is 12.8 Å². The van der Waals surface area contributed by atoms with Crippen LogP contribution in [0.15, 0.2) is 6.33 Å². The van der Waals surface area contributed by atoms with Gasteiger partial charge in [0.25, 0.3) is 0 Å². The van der Waals surface area contributed by atoms with Crippen LogP contribution >= 0.6 is 0 Å². The third-order valence-corrected chi connectivity index (χ3v) is 3.61. The second kappa shape index (κ2) is 4.52. The van der Waals surface area contributed by atoms with Gasteiger partial charge in [-0.25, -0.2) is 4.98 Å². The minimum absolute atomic E-state index is 0.00506. The molecule has 4 N–H and O–H groups in total. The van der Waals surface area contributed by atoms with Gasteiger partial charge in [-0.05, 0) is 13.8 Å². The van der Waals surface area contributed by atoms with Crippen LogP contribution in [0, 0.1) is 6.92 Å². The van der Waals surface area contributed by atoms with Gasteiger partial charge in [0.2, 0.25) is 11.8 Å². The molecule has 2 aromatic heterocycles. The monoisotopic (exact) mass is 294 g/mol. The number of methoxy groups -OCH3 is 1. The fourth-order valence-electron chi connectivity index (χ4n) is 2.47. The lowest BCUT2D eigenvalue weighted by molar-refractivity contribution is -0.0932. The van der Waals surface area contributed by atoms with Crippen LogP contribution < -0.4 is 10.5 Å². The van der Waals surface area contributed by atoms with Gasteiger partial charge in [-0.15, -0.1) is 0 Å². The van der Waals surface area contributed by atoms with Gasteiger partial charge < -0.3 is 25.4 Å². The molecule has 0 aliphatic carbocycles. The van der Waals surface area contributed by atoms with Crippen molar-refractivity contribution in [3.63, 3.8) is 0 Å². The SMILES string of the molecule is [CH2][C@H]1O[C@@H](n2cnc3c(OC)nc(N)nc32)[C@](C)(O)[C@@H]1O. The maximum atomic E-state index is 10.5. The topological polar surface area (TPSA) is 129 Å². The van der Waals surface area contributed by atoms with E-state index < -0.39 is 24.0 Å². The van der Waals surface area contributed by atoms with E-state index in [2.05, 4.69) is 21.9 Å². The molecule has 1 aliphatic rings. The van der Waals surface area contributed by atoms with Crippen LogP contribution in [0.1, 0.15) is 13.2 Å². The molecule has 9 heteroatoms. The Bertz CT molecular complexity index is 686. The number of fused-ring (bicyclic) bond motifs is 1. The van der Waals surface area contributed by atoms with Crippen molar-refractivity contribution in [2.45, 2.75) is 31.0 Å². The van der Waals surface area contributed by atoms with Crippen molar-refractivity contribution >= 4 is 17.1 Å². The Morgan fingerprint density at radius 3 is 2.81 bits per heavy atom. The predicted molar refractivity (Wildman–Crippen MR) is 72.2 cm³/mol. The summed E-state index contributed by atoms with van der Waals surface area (Å²) in [4.78, 5) is 12.2. The standard InChI is InChI=1S/C12H16N5O4/c1-5-7(18)12(2,19)10(21-5)17-4-14-6-8(17)15-11(13)16-9(6)20-3/h4-5,7,10,18-19H,1H2,2-3H3,(H2,13,15,16)/t5-,7-,10-,12-/m1/s1. The molecule has 1 radical (unpaired) electrons. The molecule has 0 aromatic carbocycles. The number of rotatable bonds is 2. The summed E-state index contributed by atoms with van der Waals surface area (Å²) in [6.07, 6.45) is -1.39. The first kappa shape index (κ1) is 14.0. The molecule has 0 bridgehead atoms. The molecule has 0 unspecified atom stereocenters. The number of aliphatic hydroxyl groups is 2. The van der Waals surface area contributed by atoms with Crippen LogP contribution in [0.3, 0.4) is 0 Å². The van der Waals surface area contributed by atoms with Gasteiger partial charge >= 0.3 is 0 Å². The smallest absolute Gasteiger partial charge is 0.246 e. The van der Waals surface area contributed by atoms with E-state index in [0.717, 1.165) is 0 Å². The molecule has 3 rings (SSSR count). The highest BCUT2D eigenvalue weighted by atomic mass is 16.6. The molecule has 113 valence electrons. The van der Waals surface area contributed by atoms with Gasteiger partial charge in [0, 0.05) is 0 Å². The van der Waals surface area contributed by atoms with E-state index in [1.54, 1.807) is 0 Å². The first-order valence-corrected chi connectivity index (χ1v) is 6.29. The molecule has 1 aliphatic heterocycles. The van der Waals surface area contributed by atoms with Crippen molar-refractivity contribution in [2.24, 2.45) is 0 Å². The van der Waals surface area contributed by atoms with Gasteiger partial charge in [-0.1, -0.05) is 0 Å². The maximum absolute atomic E-state index is 10.5. The minimum Gasteiger partial charge on any atom is -0.479 e. The van der Waals surface area contributed by atoms with Crippen LogP contribution in [0.4, 0.5) is 5.95 Å². The largest absolute Gasteiger partial charge is 0.479 e. The zero-order chi connectivity index (χ0) is 15.4. The molecule has 9 nitrogen and oxygen atoms in total. The molecular formula is C12H16N5O4. The number of hydrogen-bond donors (Lipinski definition) is 3. The van der Waals surface area contributed by atoms with Gasteiger partial charge in [0.15, 0.2) is 17.4 Å². The Morgan fingerprint density at radius 2 is 2.24 bits per heavy atom. The van der Waals surface area contributed by atoms with E-state index in [0.29, 0.717) is 11.2 Å². The van der Waals surface area contributed by atoms with Crippen LogP contribution in [0.5, 0.6) is 5.88 Å². The number of imidazole rings is 1. The summed E-state index contributed by atoms with van der Waals surface area (Å²) in [7, 11) is 1.44. The molecule has 2 aromatic rings. The van der Waals surface area contributed by atoms with E-state index in [-0.39, 0.29) is 11.8 Å². The molecule has 21 heavy (non-hydrogen) atoms. The van der Waals surface area contributed by atoms with E-state index in [1.165, 1.54) is 24.9 Å². The number of aliphatic hydroxyl groups excluding tert-OH is 1. The lowest BCUT2D eigenvalue weighted by Gasteiger charge is -2.27. The first-order chi connectivity index (χ1) is 9.86. The van der Waals surface area contributed by atoms with Gasteiger partial charge in [0.1, 0.15) is 11.7 Å². The zero-order valence-electron chi connectivity index (χ0n) is 11.6. The summed E-state index contributed by atoms with van der Waals surface area (Å²) in [5.41, 5.74) is 4.81. The summed E-state index contributed by atoms with van der Waals surface area (Å²) < 4.78 is 12.1. The van der Waals surface area contributed by atoms with E-state index >= 15 is 0 Å². The van der Waals surface area contributed by atoms with Crippen LogP contribution in [0.2, 0.25) is 0 Å². The number of aromatic nitrogens is 4. The summed E-state index contributed by atoms with van der Waals surface area (Å²) in [5.74, 6) is 0.228. The summed E-state index contributed by atoms with van der Waals surface area (Å²) >= 11 is 0. The number of ether oxygens (including phenoxy) is 2. The van der Waals surface area contributed by atoms with Crippen molar-refractivity contribution in [1.82, 2.24) is 19.5 Å². The highest BCUT2D eigenvalue weighted by Gasteiger charge is 2.51. The average Bonchev–Trinajstić information content (AvgIpc) is 2.92. The number of nitrogens with two attached hydrogens (primary N) is 1. The Hall–Kier alpha value is -1.97. The molecule has 1 saturated heterocycles. The summed E-state index contributed by atoms with van der Waals surface area (Å²) in [6, 6.07) is 0. The van der Waals surface area contributed by atoms with Crippen LogP contribution in [-0.2, 0) is 4.74 Å². The lowest BCUT2D eigenvalue weighted by Crippen LogP contribution is -2.43.